The third-order valence-corrected chi connectivity index (χ3v) is 4.40. The molecule has 0 spiro atoms. The first kappa shape index (κ1) is 13.2. The van der Waals surface area contributed by atoms with E-state index >= 15 is 0 Å². The number of ether oxygens (including phenoxy) is 1. The standard InChI is InChI=1S/C12H14N2O2S2/c1-14(6-9-4-3-5-17-9)12-13-10(8-16-2)11(7-15)18-12/h3-5,7H,6,8H2,1-2H3. The zero-order chi connectivity index (χ0) is 13.0. The number of rotatable bonds is 6. The van der Waals surface area contributed by atoms with E-state index in [-0.39, 0.29) is 0 Å². The Hall–Kier alpha value is -1.24. The number of aldehydes is 1. The van der Waals surface area contributed by atoms with E-state index in [1.807, 2.05) is 18.0 Å². The number of anilines is 1. The fraction of sp³-hybridized carbons (Fsp3) is 0.333. The molecular weight excluding hydrogens is 268 g/mol. The lowest BCUT2D eigenvalue weighted by molar-refractivity contribution is 0.112. The van der Waals surface area contributed by atoms with Gasteiger partial charge in [0, 0.05) is 19.0 Å². The van der Waals surface area contributed by atoms with E-state index in [1.165, 1.54) is 16.2 Å². The number of thiophene rings is 1. The average molecular weight is 282 g/mol. The van der Waals surface area contributed by atoms with Gasteiger partial charge in [-0.15, -0.1) is 11.3 Å². The Labute approximate surface area is 114 Å². The van der Waals surface area contributed by atoms with Crippen molar-refractivity contribution in [1.82, 2.24) is 4.98 Å². The van der Waals surface area contributed by atoms with E-state index in [9.17, 15) is 4.79 Å². The van der Waals surface area contributed by atoms with Crippen LogP contribution in [0.25, 0.3) is 0 Å². The van der Waals surface area contributed by atoms with Crippen LogP contribution in [-0.2, 0) is 17.9 Å². The summed E-state index contributed by atoms with van der Waals surface area (Å²) in [5, 5.41) is 2.90. The van der Waals surface area contributed by atoms with Crippen LogP contribution in [0.5, 0.6) is 0 Å². The van der Waals surface area contributed by atoms with Crippen LogP contribution in [0.1, 0.15) is 20.2 Å². The lowest BCUT2D eigenvalue weighted by atomic mass is 10.4. The van der Waals surface area contributed by atoms with Crippen LogP contribution in [0.15, 0.2) is 17.5 Å². The van der Waals surface area contributed by atoms with Crippen LogP contribution in [0.2, 0.25) is 0 Å². The lowest BCUT2D eigenvalue weighted by Crippen LogP contribution is -2.15. The number of carbonyl (C=O) groups excluding carboxylic acids is 1. The summed E-state index contributed by atoms with van der Waals surface area (Å²) in [5.74, 6) is 0. The van der Waals surface area contributed by atoms with Gasteiger partial charge in [-0.25, -0.2) is 4.98 Å². The topological polar surface area (TPSA) is 42.4 Å². The van der Waals surface area contributed by atoms with Crippen molar-refractivity contribution in [1.29, 1.82) is 0 Å². The third-order valence-electron chi connectivity index (χ3n) is 2.40. The second-order valence-electron chi connectivity index (χ2n) is 3.79. The van der Waals surface area contributed by atoms with Crippen LogP contribution in [-0.4, -0.2) is 25.4 Å². The molecule has 0 atom stereocenters. The largest absolute Gasteiger partial charge is 0.378 e. The maximum absolute atomic E-state index is 11.0. The molecule has 0 saturated heterocycles. The predicted octanol–water partition coefficient (Wildman–Crippen LogP) is 2.80. The number of hydrogen-bond donors (Lipinski definition) is 0. The van der Waals surface area contributed by atoms with Gasteiger partial charge in [-0.1, -0.05) is 17.4 Å². The van der Waals surface area contributed by atoms with E-state index < -0.39 is 0 Å². The summed E-state index contributed by atoms with van der Waals surface area (Å²) in [6.07, 6.45) is 0.842. The van der Waals surface area contributed by atoms with E-state index in [0.717, 1.165) is 18.0 Å². The molecule has 0 N–H and O–H groups in total. The summed E-state index contributed by atoms with van der Waals surface area (Å²) in [5.41, 5.74) is 0.713. The van der Waals surface area contributed by atoms with Gasteiger partial charge in [0.25, 0.3) is 0 Å². The molecule has 96 valence electrons. The molecule has 4 nitrogen and oxygen atoms in total. The van der Waals surface area contributed by atoms with Crippen LogP contribution in [0.3, 0.4) is 0 Å². The molecule has 6 heteroatoms. The van der Waals surface area contributed by atoms with Gasteiger partial charge in [0.15, 0.2) is 11.4 Å². The van der Waals surface area contributed by atoms with E-state index in [0.29, 0.717) is 17.2 Å². The molecule has 0 saturated carbocycles. The summed E-state index contributed by atoms with van der Waals surface area (Å²) < 4.78 is 5.04. The Kier molecular flexibility index (Phi) is 4.46. The molecule has 2 aromatic rings. The molecule has 0 unspecified atom stereocenters. The van der Waals surface area contributed by atoms with Crippen molar-refractivity contribution in [2.75, 3.05) is 19.1 Å². The van der Waals surface area contributed by atoms with Gasteiger partial charge in [0.1, 0.15) is 0 Å². The van der Waals surface area contributed by atoms with Crippen molar-refractivity contribution in [2.24, 2.45) is 0 Å². The molecule has 0 aromatic carbocycles. The van der Waals surface area contributed by atoms with Gasteiger partial charge < -0.3 is 9.64 Å². The summed E-state index contributed by atoms with van der Waals surface area (Å²) in [4.78, 5) is 19.4. The quantitative estimate of drug-likeness (QED) is 0.764. The minimum Gasteiger partial charge on any atom is -0.378 e. The number of nitrogens with zero attached hydrogens (tertiary/aromatic N) is 2. The van der Waals surface area contributed by atoms with E-state index in [4.69, 9.17) is 4.74 Å². The Morgan fingerprint density at radius 1 is 1.56 bits per heavy atom. The Morgan fingerprint density at radius 2 is 2.39 bits per heavy atom. The zero-order valence-corrected chi connectivity index (χ0v) is 11.9. The van der Waals surface area contributed by atoms with Gasteiger partial charge in [0.2, 0.25) is 0 Å². The summed E-state index contributed by atoms with van der Waals surface area (Å²) in [7, 11) is 3.58. The van der Waals surface area contributed by atoms with E-state index in [1.54, 1.807) is 18.4 Å². The van der Waals surface area contributed by atoms with Gasteiger partial charge in [-0.3, -0.25) is 4.79 Å². The zero-order valence-electron chi connectivity index (χ0n) is 10.3. The highest BCUT2D eigenvalue weighted by atomic mass is 32.1. The first-order valence-electron chi connectivity index (χ1n) is 5.42. The van der Waals surface area contributed by atoms with Gasteiger partial charge >= 0.3 is 0 Å². The first-order chi connectivity index (χ1) is 8.74. The number of methoxy groups -OCH3 is 1. The maximum Gasteiger partial charge on any atom is 0.186 e. The molecule has 18 heavy (non-hydrogen) atoms. The molecule has 2 heterocycles. The molecule has 2 aromatic heterocycles. The van der Waals surface area contributed by atoms with Gasteiger partial charge in [-0.05, 0) is 11.4 Å². The highest BCUT2D eigenvalue weighted by Crippen LogP contribution is 2.26. The fourth-order valence-corrected chi connectivity index (χ4v) is 3.15. The number of carbonyl (C=O) groups is 1. The van der Waals surface area contributed by atoms with Crippen molar-refractivity contribution >= 4 is 34.1 Å². The van der Waals surface area contributed by atoms with Crippen LogP contribution in [0.4, 0.5) is 5.13 Å². The normalized spacial score (nSPS) is 10.6. The summed E-state index contributed by atoms with van der Waals surface area (Å²) in [6, 6.07) is 4.12. The molecule has 2 rings (SSSR count). The molecule has 0 fully saturated rings. The van der Waals surface area contributed by atoms with Crippen molar-refractivity contribution in [3.63, 3.8) is 0 Å². The molecule has 0 aliphatic heterocycles. The fourth-order valence-electron chi connectivity index (χ4n) is 1.55. The van der Waals surface area contributed by atoms with Crippen molar-refractivity contribution < 1.29 is 9.53 Å². The Bertz CT molecular complexity index is 508. The minimum absolute atomic E-state index is 0.372. The SMILES string of the molecule is COCc1nc(N(C)Cc2cccs2)sc1C=O. The van der Waals surface area contributed by atoms with Crippen LogP contribution < -0.4 is 4.90 Å². The molecule has 0 bridgehead atoms. The maximum atomic E-state index is 11.0. The van der Waals surface area contributed by atoms with Crippen molar-refractivity contribution in [2.45, 2.75) is 13.2 Å². The number of aromatic nitrogens is 1. The second-order valence-corrected chi connectivity index (χ2v) is 5.84. The highest BCUT2D eigenvalue weighted by molar-refractivity contribution is 7.17. The van der Waals surface area contributed by atoms with E-state index in [2.05, 4.69) is 16.4 Å². The monoisotopic (exact) mass is 282 g/mol. The van der Waals surface area contributed by atoms with Gasteiger partial charge in [-0.2, -0.15) is 0 Å². The first-order valence-corrected chi connectivity index (χ1v) is 7.11. The molecule has 0 aliphatic rings. The van der Waals surface area contributed by atoms with Crippen molar-refractivity contribution in [3.8, 4) is 0 Å². The molecule has 0 aliphatic carbocycles. The third kappa shape index (κ3) is 2.95. The predicted molar refractivity (Wildman–Crippen MR) is 74.6 cm³/mol. The Morgan fingerprint density at radius 3 is 3.00 bits per heavy atom. The average Bonchev–Trinajstić information content (AvgIpc) is 2.98. The molecular formula is C12H14N2O2S2. The molecule has 0 radical (unpaired) electrons. The van der Waals surface area contributed by atoms with Crippen LogP contribution in [0, 0.1) is 0 Å². The second kappa shape index (κ2) is 6.08. The Balaban J connectivity index is 2.14. The van der Waals surface area contributed by atoms with Crippen molar-refractivity contribution in [3.05, 3.63) is 33.0 Å². The summed E-state index contributed by atoms with van der Waals surface area (Å²) >= 11 is 3.11. The molecule has 0 amide bonds. The smallest absolute Gasteiger partial charge is 0.186 e. The van der Waals surface area contributed by atoms with Gasteiger partial charge in [0.05, 0.1) is 23.7 Å². The highest BCUT2D eigenvalue weighted by Gasteiger charge is 2.13. The lowest BCUT2D eigenvalue weighted by Gasteiger charge is -2.13. The summed E-state index contributed by atoms with van der Waals surface area (Å²) in [6.45, 7) is 1.17. The number of hydrogen-bond acceptors (Lipinski definition) is 6. The number of thiazole rings is 1. The minimum atomic E-state index is 0.372. The van der Waals surface area contributed by atoms with Crippen LogP contribution >= 0.6 is 22.7 Å².